The monoisotopic (exact) mass is 269 g/mol. The normalized spacial score (nSPS) is 29.5. The van der Waals surface area contributed by atoms with Crippen LogP contribution in [0.4, 0.5) is 4.79 Å². The van der Waals surface area contributed by atoms with Gasteiger partial charge in [0.25, 0.3) is 0 Å². The highest BCUT2D eigenvalue weighted by Crippen LogP contribution is 2.43. The average molecular weight is 269 g/mol. The zero-order valence-electron chi connectivity index (χ0n) is 12.1. The molecule has 19 heavy (non-hydrogen) atoms. The number of carbonyl (C=O) groups is 2. The maximum atomic E-state index is 12.3. The van der Waals surface area contributed by atoms with Gasteiger partial charge in [0.05, 0.1) is 6.61 Å². The highest BCUT2D eigenvalue weighted by Gasteiger charge is 2.53. The lowest BCUT2D eigenvalue weighted by Gasteiger charge is -2.34. The Balaban J connectivity index is 2.12. The number of rotatable bonds is 2. The molecule has 5 heteroatoms. The largest absolute Gasteiger partial charge is 0.464 e. The number of nitrogens with zero attached hydrogens (tertiary/aromatic N) is 1. The lowest BCUT2D eigenvalue weighted by atomic mass is 9.99. The third-order valence-corrected chi connectivity index (χ3v) is 3.72. The minimum Gasteiger partial charge on any atom is -0.464 e. The molecular weight excluding hydrogens is 246 g/mol. The summed E-state index contributed by atoms with van der Waals surface area (Å²) in [5.41, 5.74) is -0.544. The van der Waals surface area contributed by atoms with Gasteiger partial charge in [0, 0.05) is 6.04 Å². The van der Waals surface area contributed by atoms with Crippen molar-refractivity contribution in [2.24, 2.45) is 5.92 Å². The zero-order valence-corrected chi connectivity index (χ0v) is 12.1. The van der Waals surface area contributed by atoms with Crippen molar-refractivity contribution in [3.63, 3.8) is 0 Å². The topological polar surface area (TPSA) is 55.8 Å². The number of esters is 1. The van der Waals surface area contributed by atoms with Gasteiger partial charge in [0.2, 0.25) is 0 Å². The van der Waals surface area contributed by atoms with Crippen LogP contribution in [0, 0.1) is 5.92 Å². The van der Waals surface area contributed by atoms with E-state index in [-0.39, 0.29) is 17.9 Å². The Morgan fingerprint density at radius 1 is 1.26 bits per heavy atom. The SMILES string of the molecule is CCOC(=O)[C@H]1C2CCC(C2)N1C(=O)OC(C)(C)C. The summed E-state index contributed by atoms with van der Waals surface area (Å²) in [7, 11) is 0. The summed E-state index contributed by atoms with van der Waals surface area (Å²) in [6.45, 7) is 7.62. The Morgan fingerprint density at radius 2 is 1.95 bits per heavy atom. The summed E-state index contributed by atoms with van der Waals surface area (Å²) in [5.74, 6) is -0.0582. The van der Waals surface area contributed by atoms with E-state index < -0.39 is 17.7 Å². The van der Waals surface area contributed by atoms with Crippen LogP contribution in [0.1, 0.15) is 47.0 Å². The first kappa shape index (κ1) is 14.2. The molecule has 2 bridgehead atoms. The number of fused-ring (bicyclic) bond motifs is 2. The fraction of sp³-hybridized carbons (Fsp3) is 0.857. The Morgan fingerprint density at radius 3 is 2.53 bits per heavy atom. The van der Waals surface area contributed by atoms with Crippen molar-refractivity contribution in [1.82, 2.24) is 4.90 Å². The van der Waals surface area contributed by atoms with E-state index in [0.29, 0.717) is 6.61 Å². The number of carbonyl (C=O) groups excluding carboxylic acids is 2. The van der Waals surface area contributed by atoms with E-state index in [1.165, 1.54) is 0 Å². The molecule has 0 aromatic carbocycles. The summed E-state index contributed by atoms with van der Waals surface area (Å²) in [5, 5.41) is 0. The van der Waals surface area contributed by atoms with Crippen molar-refractivity contribution in [2.45, 2.75) is 64.6 Å². The van der Waals surface area contributed by atoms with Gasteiger partial charge in [-0.25, -0.2) is 9.59 Å². The summed E-state index contributed by atoms with van der Waals surface area (Å²) >= 11 is 0. The van der Waals surface area contributed by atoms with Gasteiger partial charge in [0.15, 0.2) is 0 Å². The Labute approximate surface area is 114 Å². The molecule has 1 heterocycles. The number of amides is 1. The van der Waals surface area contributed by atoms with Crippen molar-refractivity contribution in [3.8, 4) is 0 Å². The Kier molecular flexibility index (Phi) is 3.74. The molecule has 1 saturated carbocycles. The van der Waals surface area contributed by atoms with Crippen molar-refractivity contribution < 1.29 is 19.1 Å². The van der Waals surface area contributed by atoms with Crippen LogP contribution < -0.4 is 0 Å². The fourth-order valence-electron chi connectivity index (χ4n) is 3.10. The van der Waals surface area contributed by atoms with Gasteiger partial charge in [0.1, 0.15) is 11.6 Å². The zero-order chi connectivity index (χ0) is 14.2. The molecule has 3 atom stereocenters. The predicted octanol–water partition coefficient (Wildman–Crippen LogP) is 2.34. The highest BCUT2D eigenvalue weighted by molar-refractivity contribution is 5.83. The molecule has 1 saturated heterocycles. The number of ether oxygens (including phenoxy) is 2. The minimum atomic E-state index is -0.544. The highest BCUT2D eigenvalue weighted by atomic mass is 16.6. The number of piperidine rings is 1. The Hall–Kier alpha value is -1.26. The van der Waals surface area contributed by atoms with Crippen LogP contribution in [0.5, 0.6) is 0 Å². The van der Waals surface area contributed by atoms with Crippen LogP contribution in [-0.2, 0) is 14.3 Å². The molecular formula is C14H23NO4. The standard InChI is InChI=1S/C14H23NO4/c1-5-18-12(16)11-9-6-7-10(8-9)15(11)13(17)19-14(2,3)4/h9-11H,5-8H2,1-4H3/t9?,10?,11-/m1/s1. The number of likely N-dealkylation sites (tertiary alicyclic amines) is 1. The maximum Gasteiger partial charge on any atom is 0.411 e. The molecule has 2 aliphatic rings. The molecule has 5 nitrogen and oxygen atoms in total. The summed E-state index contributed by atoms with van der Waals surface area (Å²) < 4.78 is 10.5. The molecule has 1 aliphatic heterocycles. The molecule has 0 aromatic rings. The second-order valence-electron chi connectivity index (χ2n) is 6.31. The van der Waals surface area contributed by atoms with Crippen molar-refractivity contribution in [3.05, 3.63) is 0 Å². The number of hydrogen-bond acceptors (Lipinski definition) is 4. The Bertz CT molecular complexity index is 374. The van der Waals surface area contributed by atoms with Gasteiger partial charge < -0.3 is 9.47 Å². The first-order valence-electron chi connectivity index (χ1n) is 7.01. The van der Waals surface area contributed by atoms with Gasteiger partial charge in [-0.1, -0.05) is 0 Å². The van der Waals surface area contributed by atoms with Crippen molar-refractivity contribution in [1.29, 1.82) is 0 Å². The molecule has 2 rings (SSSR count). The average Bonchev–Trinajstić information content (AvgIpc) is 2.85. The van der Waals surface area contributed by atoms with Crippen molar-refractivity contribution in [2.75, 3.05) is 6.61 Å². The van der Waals surface area contributed by atoms with E-state index in [9.17, 15) is 9.59 Å². The molecule has 1 aliphatic carbocycles. The van der Waals surface area contributed by atoms with Gasteiger partial charge >= 0.3 is 12.1 Å². The number of hydrogen-bond donors (Lipinski definition) is 0. The second-order valence-corrected chi connectivity index (χ2v) is 6.31. The van der Waals surface area contributed by atoms with Crippen LogP contribution in [0.3, 0.4) is 0 Å². The van der Waals surface area contributed by atoms with E-state index in [1.54, 1.807) is 11.8 Å². The van der Waals surface area contributed by atoms with E-state index in [4.69, 9.17) is 9.47 Å². The van der Waals surface area contributed by atoms with E-state index in [2.05, 4.69) is 0 Å². The second kappa shape index (κ2) is 5.02. The smallest absolute Gasteiger partial charge is 0.411 e. The van der Waals surface area contributed by atoms with Gasteiger partial charge in [-0.2, -0.15) is 0 Å². The molecule has 0 aromatic heterocycles. The first-order valence-corrected chi connectivity index (χ1v) is 7.01. The van der Waals surface area contributed by atoms with E-state index >= 15 is 0 Å². The third kappa shape index (κ3) is 2.85. The molecule has 0 N–H and O–H groups in total. The molecule has 108 valence electrons. The molecule has 2 fully saturated rings. The first-order chi connectivity index (χ1) is 8.83. The van der Waals surface area contributed by atoms with Crippen LogP contribution in [-0.4, -0.2) is 41.3 Å². The van der Waals surface area contributed by atoms with Gasteiger partial charge in [-0.05, 0) is 52.9 Å². The van der Waals surface area contributed by atoms with Crippen LogP contribution in [0.2, 0.25) is 0 Å². The lowest BCUT2D eigenvalue weighted by molar-refractivity contribution is -0.151. The quantitative estimate of drug-likeness (QED) is 0.722. The summed E-state index contributed by atoms with van der Waals surface area (Å²) in [6.07, 6.45) is 2.45. The molecule has 0 radical (unpaired) electrons. The maximum absolute atomic E-state index is 12.3. The minimum absolute atomic E-state index is 0.134. The van der Waals surface area contributed by atoms with Crippen LogP contribution >= 0.6 is 0 Å². The van der Waals surface area contributed by atoms with Crippen molar-refractivity contribution >= 4 is 12.1 Å². The summed E-state index contributed by atoms with van der Waals surface area (Å²) in [4.78, 5) is 25.9. The molecule has 2 unspecified atom stereocenters. The van der Waals surface area contributed by atoms with Crippen LogP contribution in [0.15, 0.2) is 0 Å². The van der Waals surface area contributed by atoms with Crippen LogP contribution in [0.25, 0.3) is 0 Å². The van der Waals surface area contributed by atoms with E-state index in [1.807, 2.05) is 20.8 Å². The molecule has 0 spiro atoms. The lowest BCUT2D eigenvalue weighted by Crippen LogP contribution is -2.51. The van der Waals surface area contributed by atoms with Gasteiger partial charge in [-0.15, -0.1) is 0 Å². The van der Waals surface area contributed by atoms with E-state index in [0.717, 1.165) is 19.3 Å². The third-order valence-electron chi connectivity index (χ3n) is 3.72. The fourth-order valence-corrected chi connectivity index (χ4v) is 3.10. The molecule has 1 amide bonds. The van der Waals surface area contributed by atoms with Gasteiger partial charge in [-0.3, -0.25) is 4.90 Å². The predicted molar refractivity (Wildman–Crippen MR) is 69.6 cm³/mol. The summed E-state index contributed by atoms with van der Waals surface area (Å²) in [6, 6.07) is -0.317.